The molecule has 23 heavy (non-hydrogen) atoms. The molecule has 2 aromatic rings. The molecule has 0 radical (unpaired) electrons. The Labute approximate surface area is 130 Å². The number of halogens is 2. The summed E-state index contributed by atoms with van der Waals surface area (Å²) in [5.41, 5.74) is 1.22. The zero-order chi connectivity index (χ0) is 16.4. The SMILES string of the molecule is Cc1ccc(NC(=O)c2ccc3c(c2)OCO3)c(OC(F)F)c1. The van der Waals surface area contributed by atoms with Crippen LogP contribution < -0.4 is 19.5 Å². The average Bonchev–Trinajstić information content (AvgIpc) is 2.96. The van der Waals surface area contributed by atoms with E-state index >= 15 is 0 Å². The minimum absolute atomic E-state index is 0.0888. The molecule has 0 bridgehead atoms. The topological polar surface area (TPSA) is 56.8 Å². The van der Waals surface area contributed by atoms with Crippen molar-refractivity contribution in [1.82, 2.24) is 0 Å². The summed E-state index contributed by atoms with van der Waals surface area (Å²) in [6.07, 6.45) is 0. The fourth-order valence-electron chi connectivity index (χ4n) is 2.16. The van der Waals surface area contributed by atoms with Gasteiger partial charge in [0, 0.05) is 5.56 Å². The van der Waals surface area contributed by atoms with Crippen molar-refractivity contribution in [2.24, 2.45) is 0 Å². The number of rotatable bonds is 4. The van der Waals surface area contributed by atoms with E-state index < -0.39 is 12.5 Å². The fraction of sp³-hybridized carbons (Fsp3) is 0.188. The van der Waals surface area contributed by atoms with Gasteiger partial charge in [-0.1, -0.05) is 6.07 Å². The molecule has 1 N–H and O–H groups in total. The van der Waals surface area contributed by atoms with Gasteiger partial charge in [0.05, 0.1) is 5.69 Å². The van der Waals surface area contributed by atoms with Crippen molar-refractivity contribution < 1.29 is 27.8 Å². The van der Waals surface area contributed by atoms with Gasteiger partial charge in [-0.05, 0) is 42.8 Å². The zero-order valence-electron chi connectivity index (χ0n) is 12.1. The maximum atomic E-state index is 12.5. The van der Waals surface area contributed by atoms with E-state index in [9.17, 15) is 13.6 Å². The number of fused-ring (bicyclic) bond motifs is 1. The van der Waals surface area contributed by atoms with Gasteiger partial charge in [0.2, 0.25) is 6.79 Å². The molecule has 120 valence electrons. The van der Waals surface area contributed by atoms with Crippen LogP contribution >= 0.6 is 0 Å². The molecular weight excluding hydrogens is 308 g/mol. The highest BCUT2D eigenvalue weighted by Crippen LogP contribution is 2.33. The lowest BCUT2D eigenvalue weighted by Gasteiger charge is -2.13. The lowest BCUT2D eigenvalue weighted by atomic mass is 10.1. The Morgan fingerprint density at radius 3 is 2.74 bits per heavy atom. The number of hydrogen-bond donors (Lipinski definition) is 1. The smallest absolute Gasteiger partial charge is 0.387 e. The summed E-state index contributed by atoms with van der Waals surface area (Å²) in [6, 6.07) is 9.33. The van der Waals surface area contributed by atoms with Crippen molar-refractivity contribution in [3.63, 3.8) is 0 Å². The summed E-state index contributed by atoms with van der Waals surface area (Å²) in [4.78, 5) is 12.3. The molecule has 0 fully saturated rings. The van der Waals surface area contributed by atoms with Crippen molar-refractivity contribution in [3.05, 3.63) is 47.5 Å². The normalized spacial score (nSPS) is 12.3. The third-order valence-electron chi connectivity index (χ3n) is 3.24. The predicted molar refractivity (Wildman–Crippen MR) is 78.3 cm³/mol. The van der Waals surface area contributed by atoms with Gasteiger partial charge < -0.3 is 19.5 Å². The molecule has 1 amide bonds. The zero-order valence-corrected chi connectivity index (χ0v) is 12.1. The molecule has 1 heterocycles. The molecule has 1 aliphatic rings. The van der Waals surface area contributed by atoms with Gasteiger partial charge in [-0.15, -0.1) is 0 Å². The number of anilines is 1. The van der Waals surface area contributed by atoms with Crippen LogP contribution in [0.2, 0.25) is 0 Å². The van der Waals surface area contributed by atoms with E-state index in [1.54, 1.807) is 25.1 Å². The maximum Gasteiger partial charge on any atom is 0.387 e. The van der Waals surface area contributed by atoms with Gasteiger partial charge in [-0.3, -0.25) is 4.79 Å². The molecule has 2 aromatic carbocycles. The van der Waals surface area contributed by atoms with Gasteiger partial charge in [-0.25, -0.2) is 0 Å². The first-order chi connectivity index (χ1) is 11.0. The van der Waals surface area contributed by atoms with Crippen LogP contribution in [0.4, 0.5) is 14.5 Å². The molecule has 0 saturated carbocycles. The second-order valence-electron chi connectivity index (χ2n) is 4.90. The largest absolute Gasteiger partial charge is 0.454 e. The lowest BCUT2D eigenvalue weighted by Crippen LogP contribution is -2.14. The number of ether oxygens (including phenoxy) is 3. The van der Waals surface area contributed by atoms with Crippen molar-refractivity contribution in [2.45, 2.75) is 13.5 Å². The number of alkyl halides is 2. The molecular formula is C16H13F2NO4. The Balaban J connectivity index is 1.82. The van der Waals surface area contributed by atoms with Gasteiger partial charge in [-0.2, -0.15) is 8.78 Å². The third kappa shape index (κ3) is 3.33. The maximum absolute atomic E-state index is 12.5. The first-order valence-electron chi connectivity index (χ1n) is 6.79. The summed E-state index contributed by atoms with van der Waals surface area (Å²) in [6.45, 7) is -1.13. The van der Waals surface area contributed by atoms with Crippen LogP contribution in [-0.2, 0) is 0 Å². The Morgan fingerprint density at radius 1 is 1.17 bits per heavy atom. The molecule has 7 heteroatoms. The number of aryl methyl sites for hydroxylation is 1. The number of carbonyl (C=O) groups excluding carboxylic acids is 1. The molecule has 0 spiro atoms. The monoisotopic (exact) mass is 321 g/mol. The quantitative estimate of drug-likeness (QED) is 0.935. The minimum atomic E-state index is -2.97. The number of nitrogens with one attached hydrogen (secondary N) is 1. The first-order valence-corrected chi connectivity index (χ1v) is 6.79. The average molecular weight is 321 g/mol. The Morgan fingerprint density at radius 2 is 1.96 bits per heavy atom. The second kappa shape index (κ2) is 6.12. The second-order valence-corrected chi connectivity index (χ2v) is 4.90. The fourth-order valence-corrected chi connectivity index (χ4v) is 2.16. The van der Waals surface area contributed by atoms with E-state index in [1.807, 2.05) is 0 Å². The van der Waals surface area contributed by atoms with Crippen LogP contribution in [0.25, 0.3) is 0 Å². The van der Waals surface area contributed by atoms with E-state index in [1.165, 1.54) is 18.2 Å². The van der Waals surface area contributed by atoms with Crippen molar-refractivity contribution >= 4 is 11.6 Å². The van der Waals surface area contributed by atoms with E-state index in [-0.39, 0.29) is 18.2 Å². The van der Waals surface area contributed by atoms with Crippen molar-refractivity contribution in [2.75, 3.05) is 12.1 Å². The van der Waals surface area contributed by atoms with Crippen LogP contribution in [-0.4, -0.2) is 19.3 Å². The molecule has 0 unspecified atom stereocenters. The highest BCUT2D eigenvalue weighted by atomic mass is 19.3. The molecule has 5 nitrogen and oxygen atoms in total. The highest BCUT2D eigenvalue weighted by Gasteiger charge is 2.18. The number of amides is 1. The van der Waals surface area contributed by atoms with Crippen LogP contribution in [0.3, 0.4) is 0 Å². The standard InChI is InChI=1S/C16H13F2NO4/c1-9-2-4-11(13(6-9)23-16(17)18)19-15(20)10-3-5-12-14(7-10)22-8-21-12/h2-7,16H,8H2,1H3,(H,19,20). The van der Waals surface area contributed by atoms with Crippen LogP contribution in [0.5, 0.6) is 17.2 Å². The van der Waals surface area contributed by atoms with E-state index in [4.69, 9.17) is 9.47 Å². The summed E-state index contributed by atoms with van der Waals surface area (Å²) in [5, 5.41) is 2.56. The Kier molecular flexibility index (Phi) is 4.01. The van der Waals surface area contributed by atoms with Crippen molar-refractivity contribution in [1.29, 1.82) is 0 Å². The first kappa shape index (κ1) is 15.1. The summed E-state index contributed by atoms with van der Waals surface area (Å²) < 4.78 is 39.8. The van der Waals surface area contributed by atoms with Gasteiger partial charge in [0.25, 0.3) is 5.91 Å². The lowest BCUT2D eigenvalue weighted by molar-refractivity contribution is -0.0494. The number of benzene rings is 2. The third-order valence-corrected chi connectivity index (χ3v) is 3.24. The summed E-state index contributed by atoms with van der Waals surface area (Å²) >= 11 is 0. The van der Waals surface area contributed by atoms with Gasteiger partial charge in [0.1, 0.15) is 5.75 Å². The van der Waals surface area contributed by atoms with Crippen LogP contribution in [0, 0.1) is 6.92 Å². The molecule has 0 aliphatic carbocycles. The number of carbonyl (C=O) groups is 1. The Bertz CT molecular complexity index is 749. The van der Waals surface area contributed by atoms with Crippen molar-refractivity contribution in [3.8, 4) is 17.2 Å². The van der Waals surface area contributed by atoms with Crippen LogP contribution in [0.1, 0.15) is 15.9 Å². The number of hydrogen-bond acceptors (Lipinski definition) is 4. The van der Waals surface area contributed by atoms with E-state index in [2.05, 4.69) is 10.1 Å². The van der Waals surface area contributed by atoms with E-state index in [0.717, 1.165) is 5.56 Å². The predicted octanol–water partition coefficient (Wildman–Crippen LogP) is 3.58. The minimum Gasteiger partial charge on any atom is -0.454 e. The van der Waals surface area contributed by atoms with Crippen LogP contribution in [0.15, 0.2) is 36.4 Å². The Hall–Kier alpha value is -2.83. The van der Waals surface area contributed by atoms with E-state index in [0.29, 0.717) is 17.1 Å². The molecule has 0 aromatic heterocycles. The molecule has 3 rings (SSSR count). The van der Waals surface area contributed by atoms with Gasteiger partial charge >= 0.3 is 6.61 Å². The van der Waals surface area contributed by atoms with Gasteiger partial charge in [0.15, 0.2) is 11.5 Å². The summed E-state index contributed by atoms with van der Waals surface area (Å²) in [7, 11) is 0. The highest BCUT2D eigenvalue weighted by molar-refractivity contribution is 6.05. The molecule has 1 aliphatic heterocycles. The molecule has 0 saturated heterocycles. The molecule has 0 atom stereocenters. The summed E-state index contributed by atoms with van der Waals surface area (Å²) in [5.74, 6) is 0.463.